The maximum absolute atomic E-state index is 12.9. The van der Waals surface area contributed by atoms with E-state index in [1.807, 2.05) is 24.3 Å². The maximum atomic E-state index is 12.9. The van der Waals surface area contributed by atoms with Crippen molar-refractivity contribution in [3.8, 4) is 5.75 Å². The Morgan fingerprint density at radius 2 is 1.66 bits per heavy atom. The van der Waals surface area contributed by atoms with Crippen molar-refractivity contribution in [1.82, 2.24) is 5.32 Å². The van der Waals surface area contributed by atoms with Gasteiger partial charge in [0.05, 0.1) is 11.4 Å². The number of carbonyl (C=O) groups is 1. The van der Waals surface area contributed by atoms with E-state index >= 15 is 0 Å². The Kier molecular flexibility index (Phi) is 5.97. The third-order valence-corrected chi connectivity index (χ3v) is 7.90. The number of amides is 1. The lowest BCUT2D eigenvalue weighted by Crippen LogP contribution is -2.43. The van der Waals surface area contributed by atoms with Crippen molar-refractivity contribution >= 4 is 27.3 Å². The summed E-state index contributed by atoms with van der Waals surface area (Å²) in [6, 6.07) is 13.7. The first-order valence-electron chi connectivity index (χ1n) is 9.58. The topological polar surface area (TPSA) is 72.5 Å². The predicted molar refractivity (Wildman–Crippen MR) is 114 cm³/mol. The van der Waals surface area contributed by atoms with Crippen LogP contribution in [0.2, 0.25) is 5.02 Å². The van der Waals surface area contributed by atoms with Gasteiger partial charge in [-0.25, -0.2) is 8.42 Å². The van der Waals surface area contributed by atoms with Crippen LogP contribution in [0.4, 0.5) is 0 Å². The minimum atomic E-state index is -3.76. The normalized spacial score (nSPS) is 15.6. The van der Waals surface area contributed by atoms with Gasteiger partial charge in [0.1, 0.15) is 12.4 Å². The summed E-state index contributed by atoms with van der Waals surface area (Å²) in [7, 11) is -3.76. The molecule has 0 spiro atoms. The summed E-state index contributed by atoms with van der Waals surface area (Å²) >= 11 is 5.83. The van der Waals surface area contributed by atoms with Gasteiger partial charge in [-0.3, -0.25) is 4.79 Å². The molecule has 5 nitrogen and oxygen atoms in total. The molecule has 0 heterocycles. The van der Waals surface area contributed by atoms with Crippen molar-refractivity contribution in [3.63, 3.8) is 0 Å². The van der Waals surface area contributed by atoms with Gasteiger partial charge in [-0.1, -0.05) is 44.5 Å². The SMILES string of the molecule is CC(C)(C)c1ccc(OCCNC(=O)C2(S(=O)(=O)c3ccc(Cl)cc3)CC2)cc1. The lowest BCUT2D eigenvalue weighted by Gasteiger charge is -2.19. The van der Waals surface area contributed by atoms with Crippen LogP contribution in [0.15, 0.2) is 53.4 Å². The number of hydrogen-bond acceptors (Lipinski definition) is 4. The van der Waals surface area contributed by atoms with Gasteiger partial charge in [0.25, 0.3) is 0 Å². The first kappa shape index (κ1) is 21.7. The molecule has 0 aliphatic heterocycles. The van der Waals surface area contributed by atoms with Crippen LogP contribution in [0.25, 0.3) is 0 Å². The molecule has 1 fully saturated rings. The average molecular weight is 436 g/mol. The van der Waals surface area contributed by atoms with Crippen LogP contribution in [0, 0.1) is 0 Å². The van der Waals surface area contributed by atoms with E-state index in [1.54, 1.807) is 0 Å². The summed E-state index contributed by atoms with van der Waals surface area (Å²) in [5, 5.41) is 3.16. The van der Waals surface area contributed by atoms with Gasteiger partial charge in [0.2, 0.25) is 5.91 Å². The van der Waals surface area contributed by atoms with Gasteiger partial charge >= 0.3 is 0 Å². The number of ether oxygens (including phenoxy) is 1. The highest BCUT2D eigenvalue weighted by Crippen LogP contribution is 2.47. The number of sulfone groups is 1. The minimum Gasteiger partial charge on any atom is -0.492 e. The molecule has 0 saturated heterocycles. The summed E-state index contributed by atoms with van der Waals surface area (Å²) in [4.78, 5) is 12.7. The monoisotopic (exact) mass is 435 g/mol. The van der Waals surface area contributed by atoms with Crippen LogP contribution in [0.5, 0.6) is 5.75 Å². The van der Waals surface area contributed by atoms with Crippen molar-refractivity contribution in [1.29, 1.82) is 0 Å². The van der Waals surface area contributed by atoms with Crippen molar-refractivity contribution in [3.05, 3.63) is 59.1 Å². The highest BCUT2D eigenvalue weighted by molar-refractivity contribution is 7.94. The molecular weight excluding hydrogens is 410 g/mol. The first-order valence-corrected chi connectivity index (χ1v) is 11.4. The lowest BCUT2D eigenvalue weighted by atomic mass is 9.87. The Balaban J connectivity index is 1.55. The van der Waals surface area contributed by atoms with Crippen LogP contribution in [-0.4, -0.2) is 32.2 Å². The lowest BCUT2D eigenvalue weighted by molar-refractivity contribution is -0.121. The summed E-state index contributed by atoms with van der Waals surface area (Å²) in [6.07, 6.45) is 0.637. The zero-order valence-electron chi connectivity index (χ0n) is 16.9. The molecule has 1 aliphatic rings. The molecule has 29 heavy (non-hydrogen) atoms. The zero-order valence-corrected chi connectivity index (χ0v) is 18.4. The molecule has 1 saturated carbocycles. The van der Waals surface area contributed by atoms with E-state index in [4.69, 9.17) is 16.3 Å². The van der Waals surface area contributed by atoms with Crippen molar-refractivity contribution in [2.24, 2.45) is 0 Å². The van der Waals surface area contributed by atoms with Gasteiger partial charge < -0.3 is 10.1 Å². The number of hydrogen-bond donors (Lipinski definition) is 1. The van der Waals surface area contributed by atoms with E-state index in [9.17, 15) is 13.2 Å². The molecule has 3 rings (SSSR count). The van der Waals surface area contributed by atoms with Crippen LogP contribution in [0.1, 0.15) is 39.2 Å². The minimum absolute atomic E-state index is 0.0701. The second-order valence-corrected chi connectivity index (χ2v) is 11.0. The molecule has 0 atom stereocenters. The average Bonchev–Trinajstić information content (AvgIpc) is 3.48. The third kappa shape index (κ3) is 4.59. The summed E-state index contributed by atoms with van der Waals surface area (Å²) in [5.41, 5.74) is 1.28. The number of halogens is 1. The Labute approximate surface area is 177 Å². The predicted octanol–water partition coefficient (Wildman–Crippen LogP) is 4.14. The van der Waals surface area contributed by atoms with Gasteiger partial charge in [0.15, 0.2) is 14.6 Å². The molecule has 2 aromatic rings. The second-order valence-electron chi connectivity index (χ2n) is 8.33. The molecule has 2 aromatic carbocycles. The van der Waals surface area contributed by atoms with E-state index in [0.717, 1.165) is 0 Å². The standard InChI is InChI=1S/C22H26ClNO4S/c1-21(2,3)16-4-8-18(9-5-16)28-15-14-24-20(25)22(12-13-22)29(26,27)19-10-6-17(23)7-11-19/h4-11H,12-15H2,1-3H3,(H,24,25). The van der Waals surface area contributed by atoms with Crippen LogP contribution in [0.3, 0.4) is 0 Å². The molecular formula is C22H26ClNO4S. The highest BCUT2D eigenvalue weighted by atomic mass is 35.5. The fourth-order valence-corrected chi connectivity index (χ4v) is 5.14. The van der Waals surface area contributed by atoms with E-state index < -0.39 is 20.5 Å². The Hall–Kier alpha value is -2.05. The third-order valence-electron chi connectivity index (χ3n) is 5.13. The zero-order chi connectivity index (χ0) is 21.3. The molecule has 0 radical (unpaired) electrons. The molecule has 156 valence electrons. The van der Waals surface area contributed by atoms with Gasteiger partial charge in [0, 0.05) is 5.02 Å². The molecule has 7 heteroatoms. The number of benzene rings is 2. The van der Waals surface area contributed by atoms with E-state index in [0.29, 0.717) is 23.6 Å². The largest absolute Gasteiger partial charge is 0.492 e. The Morgan fingerprint density at radius 3 is 2.17 bits per heavy atom. The second kappa shape index (κ2) is 8.00. The number of carbonyl (C=O) groups excluding carboxylic acids is 1. The first-order chi connectivity index (χ1) is 13.6. The van der Waals surface area contributed by atoms with Gasteiger partial charge in [-0.2, -0.15) is 0 Å². The maximum Gasteiger partial charge on any atom is 0.241 e. The van der Waals surface area contributed by atoms with Crippen molar-refractivity contribution in [2.45, 2.75) is 48.7 Å². The summed E-state index contributed by atoms with van der Waals surface area (Å²) < 4.78 is 30.1. The number of rotatable bonds is 7. The van der Waals surface area contributed by atoms with Crippen molar-refractivity contribution < 1.29 is 17.9 Å². The van der Waals surface area contributed by atoms with E-state index in [1.165, 1.54) is 29.8 Å². The summed E-state index contributed by atoms with van der Waals surface area (Å²) in [5.74, 6) is 0.237. The molecule has 0 unspecified atom stereocenters. The molecule has 1 aliphatic carbocycles. The Morgan fingerprint density at radius 1 is 1.07 bits per heavy atom. The van der Waals surface area contributed by atoms with Crippen molar-refractivity contribution in [2.75, 3.05) is 13.2 Å². The smallest absolute Gasteiger partial charge is 0.241 e. The molecule has 1 N–H and O–H groups in total. The van der Waals surface area contributed by atoms with E-state index in [-0.39, 0.29) is 23.5 Å². The number of nitrogens with one attached hydrogen (secondary N) is 1. The van der Waals surface area contributed by atoms with E-state index in [2.05, 4.69) is 26.1 Å². The van der Waals surface area contributed by atoms with Crippen LogP contribution in [-0.2, 0) is 20.0 Å². The Bertz CT molecular complexity index is 973. The fraction of sp³-hybridized carbons (Fsp3) is 0.409. The summed E-state index contributed by atoms with van der Waals surface area (Å²) in [6.45, 7) is 6.92. The van der Waals surface area contributed by atoms with Gasteiger partial charge in [-0.15, -0.1) is 0 Å². The fourth-order valence-electron chi connectivity index (χ4n) is 3.12. The molecule has 0 aromatic heterocycles. The van der Waals surface area contributed by atoms with Crippen LogP contribution < -0.4 is 10.1 Å². The van der Waals surface area contributed by atoms with Crippen LogP contribution >= 0.6 is 11.6 Å². The molecule has 1 amide bonds. The van der Waals surface area contributed by atoms with Gasteiger partial charge in [-0.05, 0) is 60.2 Å². The highest BCUT2D eigenvalue weighted by Gasteiger charge is 2.61. The quantitative estimate of drug-likeness (QED) is 0.663. The molecule has 0 bridgehead atoms.